The van der Waals surface area contributed by atoms with Crippen molar-refractivity contribution >= 4 is 23.5 Å². The largest absolute Gasteiger partial charge is 3.00 e. The molecule has 0 amide bonds. The second kappa shape index (κ2) is 56.4. The maximum Gasteiger partial charge on any atom is 3.00 e. The summed E-state index contributed by atoms with van der Waals surface area (Å²) in [7, 11) is -12.2. The van der Waals surface area contributed by atoms with Crippen molar-refractivity contribution in [3.63, 3.8) is 0 Å². The van der Waals surface area contributed by atoms with Gasteiger partial charge in [0.2, 0.25) is 0 Å². The van der Waals surface area contributed by atoms with Crippen molar-refractivity contribution in [3.05, 3.63) is 0 Å². The molecule has 0 atom stereocenters. The Hall–Kier alpha value is 0.836. The number of hydrogen-bond donors (Lipinski definition) is 0. The SMILES string of the molecule is CCCCCCCCOP(=O)([O-])OCCCCCCCC.CCCCCCCCOP(=O)([O-])OCCCCCCCC.CCCCCCCCOP(=O)([O-])OCCCCCCCC.[Co+3]. The van der Waals surface area contributed by atoms with Crippen LogP contribution in [0.2, 0.25) is 0 Å². The summed E-state index contributed by atoms with van der Waals surface area (Å²) in [4.78, 5) is 34.5. The van der Waals surface area contributed by atoms with Crippen LogP contribution in [0.15, 0.2) is 0 Å². The molecule has 0 fully saturated rings. The van der Waals surface area contributed by atoms with Gasteiger partial charge < -0.3 is 41.8 Å². The van der Waals surface area contributed by atoms with E-state index in [0.29, 0.717) is 0 Å². The van der Waals surface area contributed by atoms with Crippen molar-refractivity contribution in [2.45, 2.75) is 273 Å². The summed E-state index contributed by atoms with van der Waals surface area (Å²) in [6, 6.07) is 0. The summed E-state index contributed by atoms with van der Waals surface area (Å²) < 4.78 is 63.6. The van der Waals surface area contributed by atoms with Crippen LogP contribution in [-0.4, -0.2) is 39.6 Å². The minimum atomic E-state index is -4.07. The van der Waals surface area contributed by atoms with Crippen LogP contribution in [0.1, 0.15) is 273 Å². The van der Waals surface area contributed by atoms with E-state index in [1.807, 2.05) is 0 Å². The standard InChI is InChI=1S/3C16H35O4P.Co/c3*1-3-5-7-9-11-13-15-19-21(17,18)20-16-14-12-10-8-6-4-2;/h3*3-16H2,1-2H3,(H,17,18);/q;;;+3/p-3. The van der Waals surface area contributed by atoms with Gasteiger partial charge in [-0.2, -0.15) is 0 Å². The Morgan fingerprint density at radius 1 is 0.234 bits per heavy atom. The van der Waals surface area contributed by atoms with Crippen molar-refractivity contribution in [2.75, 3.05) is 39.6 Å². The molecule has 0 heterocycles. The smallest absolute Gasteiger partial charge is 0.756 e. The number of phosphoric acid groups is 3. The Bertz CT molecular complexity index is 841. The minimum absolute atomic E-state index is 0. The van der Waals surface area contributed by atoms with Crippen LogP contribution in [0.3, 0.4) is 0 Å². The van der Waals surface area contributed by atoms with Gasteiger partial charge in [0.05, 0.1) is 39.6 Å². The zero-order chi connectivity index (χ0) is 47.4. The first-order chi connectivity index (χ1) is 30.4. The number of unbranched alkanes of at least 4 members (excludes halogenated alkanes) is 30. The maximum atomic E-state index is 11.5. The Labute approximate surface area is 406 Å². The van der Waals surface area contributed by atoms with E-state index in [1.54, 1.807) is 0 Å². The first-order valence-corrected chi connectivity index (χ1v) is 30.5. The van der Waals surface area contributed by atoms with E-state index in [-0.39, 0.29) is 56.4 Å². The Balaban J connectivity index is -0.000000419. The molecule has 0 aliphatic rings. The monoisotopic (exact) mass is 1020 g/mol. The Morgan fingerprint density at radius 2 is 0.344 bits per heavy atom. The van der Waals surface area contributed by atoms with Gasteiger partial charge in [-0.3, -0.25) is 13.7 Å². The third-order valence-electron chi connectivity index (χ3n) is 10.5. The number of hydrogen-bond acceptors (Lipinski definition) is 12. The molecule has 0 rings (SSSR count). The van der Waals surface area contributed by atoms with Gasteiger partial charge >= 0.3 is 16.8 Å². The van der Waals surface area contributed by atoms with E-state index in [4.69, 9.17) is 27.1 Å². The molecule has 0 aromatic heterocycles. The van der Waals surface area contributed by atoms with Crippen molar-refractivity contribution in [2.24, 2.45) is 0 Å². The van der Waals surface area contributed by atoms with Gasteiger partial charge in [-0.1, -0.05) is 234 Å². The van der Waals surface area contributed by atoms with Gasteiger partial charge in [-0.05, 0) is 38.5 Å². The molecule has 0 aliphatic heterocycles. The van der Waals surface area contributed by atoms with Crippen LogP contribution in [-0.2, 0) is 57.6 Å². The molecule has 12 nitrogen and oxygen atoms in total. The molecule has 0 N–H and O–H groups in total. The van der Waals surface area contributed by atoms with Gasteiger partial charge in [0.25, 0.3) is 23.5 Å². The molecular formula is C48H102CoO12P3. The summed E-state index contributed by atoms with van der Waals surface area (Å²) in [6.45, 7) is 14.6. The van der Waals surface area contributed by atoms with Gasteiger partial charge in [-0.25, -0.2) is 0 Å². The van der Waals surface area contributed by atoms with Crippen LogP contribution in [0.25, 0.3) is 0 Å². The van der Waals surface area contributed by atoms with E-state index in [1.165, 1.54) is 116 Å². The van der Waals surface area contributed by atoms with Gasteiger partial charge in [0.15, 0.2) is 0 Å². The Kier molecular flexibility index (Phi) is 62.9. The molecule has 0 unspecified atom stereocenters. The van der Waals surface area contributed by atoms with Crippen molar-refractivity contribution in [1.29, 1.82) is 0 Å². The van der Waals surface area contributed by atoms with E-state index < -0.39 is 23.5 Å². The molecule has 0 aromatic carbocycles. The minimum Gasteiger partial charge on any atom is -0.756 e. The fourth-order valence-corrected chi connectivity index (χ4v) is 8.80. The van der Waals surface area contributed by atoms with E-state index in [2.05, 4.69) is 41.5 Å². The van der Waals surface area contributed by atoms with Crippen LogP contribution < -0.4 is 14.7 Å². The van der Waals surface area contributed by atoms with E-state index >= 15 is 0 Å². The molecular weight excluding hydrogens is 920 g/mol. The molecule has 0 aromatic rings. The molecule has 0 radical (unpaired) electrons. The summed E-state index contributed by atoms with van der Waals surface area (Å²) >= 11 is 0. The average Bonchev–Trinajstić information content (AvgIpc) is 3.25. The molecule has 390 valence electrons. The van der Waals surface area contributed by atoms with Crippen molar-refractivity contribution < 1.29 is 72.3 Å². The summed E-state index contributed by atoms with van der Waals surface area (Å²) in [5.74, 6) is 0. The quantitative estimate of drug-likeness (QED) is 0.0417. The molecule has 0 saturated heterocycles. The fourth-order valence-electron chi connectivity index (χ4n) is 6.46. The fraction of sp³-hybridized carbons (Fsp3) is 1.00. The first-order valence-electron chi connectivity index (χ1n) is 26.2. The zero-order valence-corrected chi connectivity index (χ0v) is 46.0. The third kappa shape index (κ3) is 64.9. The molecule has 16 heteroatoms. The summed E-state index contributed by atoms with van der Waals surface area (Å²) in [6.07, 6.45) is 40.0. The van der Waals surface area contributed by atoms with Gasteiger partial charge in [0, 0.05) is 0 Å². The predicted molar refractivity (Wildman–Crippen MR) is 259 cm³/mol. The molecule has 0 bridgehead atoms. The molecule has 0 spiro atoms. The second-order valence-electron chi connectivity index (χ2n) is 16.9. The first kappa shape index (κ1) is 71.4. The van der Waals surface area contributed by atoms with Crippen LogP contribution in [0.5, 0.6) is 0 Å². The van der Waals surface area contributed by atoms with Crippen molar-refractivity contribution in [1.82, 2.24) is 0 Å². The van der Waals surface area contributed by atoms with Crippen LogP contribution in [0.4, 0.5) is 0 Å². The van der Waals surface area contributed by atoms with Crippen molar-refractivity contribution in [3.8, 4) is 0 Å². The van der Waals surface area contributed by atoms with E-state index in [9.17, 15) is 28.4 Å². The third-order valence-corrected chi connectivity index (χ3v) is 13.5. The predicted octanol–water partition coefficient (Wildman–Crippen LogP) is 15.6. The van der Waals surface area contributed by atoms with Crippen LogP contribution in [0, 0.1) is 0 Å². The van der Waals surface area contributed by atoms with Gasteiger partial charge in [-0.15, -0.1) is 0 Å². The van der Waals surface area contributed by atoms with E-state index in [0.717, 1.165) is 116 Å². The Morgan fingerprint density at radius 3 is 0.469 bits per heavy atom. The summed E-state index contributed by atoms with van der Waals surface area (Å²) in [5, 5.41) is 0. The van der Waals surface area contributed by atoms with Crippen LogP contribution >= 0.6 is 23.5 Å². The maximum absolute atomic E-state index is 11.5. The molecule has 64 heavy (non-hydrogen) atoms. The molecule has 0 saturated carbocycles. The second-order valence-corrected chi connectivity index (χ2v) is 21.2. The average molecular weight is 1020 g/mol. The normalized spacial score (nSPS) is 11.8. The van der Waals surface area contributed by atoms with Gasteiger partial charge in [0.1, 0.15) is 0 Å². The molecule has 0 aliphatic carbocycles. The summed E-state index contributed by atoms with van der Waals surface area (Å²) in [5.41, 5.74) is 0. The number of rotatable bonds is 48. The topological polar surface area (TPSA) is 176 Å². The number of phosphoric ester groups is 3. The zero-order valence-electron chi connectivity index (χ0n) is 42.3.